The number of rotatable bonds is 5. The van der Waals surface area contributed by atoms with E-state index in [-0.39, 0.29) is 30.3 Å². The van der Waals surface area contributed by atoms with Crippen molar-refractivity contribution in [1.29, 1.82) is 0 Å². The number of hydrogen-bond acceptors (Lipinski definition) is 4. The van der Waals surface area contributed by atoms with Crippen LogP contribution in [0.15, 0.2) is 42.5 Å². The fourth-order valence-electron chi connectivity index (χ4n) is 2.35. The second kappa shape index (κ2) is 7.90. The largest absolute Gasteiger partial charge is 0.457 e. The maximum Gasteiger partial charge on any atom is 0.309 e. The summed E-state index contributed by atoms with van der Waals surface area (Å²) in [6, 6.07) is 9.85. The summed E-state index contributed by atoms with van der Waals surface area (Å²) in [5.41, 5.74) is 1.07. The van der Waals surface area contributed by atoms with Crippen LogP contribution in [0.25, 0.3) is 0 Å². The van der Waals surface area contributed by atoms with Crippen LogP contribution >= 0.6 is 0 Å². The van der Waals surface area contributed by atoms with E-state index >= 15 is 0 Å². The molecule has 0 radical (unpaired) electrons. The van der Waals surface area contributed by atoms with Gasteiger partial charge in [0.05, 0.1) is 25.0 Å². The van der Waals surface area contributed by atoms with Crippen LogP contribution in [0.4, 0.5) is 0 Å². The maximum absolute atomic E-state index is 12.0. The standard InChI is InChI=1S/C18H22O4/c1-13-8-9-16(14(2)11-19)22-18(20)10-17(13)21-12-15-6-4-3-5-7-15/h3-9,11,13-14,16-17H,10,12H2,1-2H3/t13-,14+,16-,17+/m0/s1. The number of carbonyl (C=O) groups is 2. The van der Waals surface area contributed by atoms with Crippen molar-refractivity contribution in [2.24, 2.45) is 11.8 Å². The summed E-state index contributed by atoms with van der Waals surface area (Å²) >= 11 is 0. The molecule has 22 heavy (non-hydrogen) atoms. The SMILES string of the molecule is C[C@H](C=O)[C@@H]1C=C[C@H](C)[C@H](OCc2ccccc2)CC(=O)O1. The summed E-state index contributed by atoms with van der Waals surface area (Å²) in [6.45, 7) is 4.21. The lowest BCUT2D eigenvalue weighted by molar-refractivity contribution is -0.154. The quantitative estimate of drug-likeness (QED) is 0.477. The van der Waals surface area contributed by atoms with E-state index < -0.39 is 6.10 Å². The number of esters is 1. The van der Waals surface area contributed by atoms with Crippen LogP contribution in [-0.2, 0) is 25.7 Å². The highest BCUT2D eigenvalue weighted by molar-refractivity contribution is 5.71. The van der Waals surface area contributed by atoms with Gasteiger partial charge in [-0.2, -0.15) is 0 Å². The zero-order valence-electron chi connectivity index (χ0n) is 13.0. The van der Waals surface area contributed by atoms with Gasteiger partial charge in [-0.1, -0.05) is 50.3 Å². The van der Waals surface area contributed by atoms with Crippen LogP contribution in [-0.4, -0.2) is 24.5 Å². The Morgan fingerprint density at radius 1 is 1.32 bits per heavy atom. The van der Waals surface area contributed by atoms with Crippen molar-refractivity contribution in [3.05, 3.63) is 48.0 Å². The second-order valence-electron chi connectivity index (χ2n) is 5.73. The van der Waals surface area contributed by atoms with Gasteiger partial charge >= 0.3 is 5.97 Å². The van der Waals surface area contributed by atoms with Gasteiger partial charge < -0.3 is 14.3 Å². The Labute approximate surface area is 131 Å². The van der Waals surface area contributed by atoms with Crippen molar-refractivity contribution in [2.45, 2.75) is 39.1 Å². The number of hydrogen-bond donors (Lipinski definition) is 0. The van der Waals surface area contributed by atoms with Gasteiger partial charge in [-0.05, 0) is 11.6 Å². The van der Waals surface area contributed by atoms with E-state index in [0.29, 0.717) is 6.61 Å². The number of ether oxygens (including phenoxy) is 2. The minimum atomic E-state index is -0.484. The Balaban J connectivity index is 2.01. The summed E-state index contributed by atoms with van der Waals surface area (Å²) in [4.78, 5) is 22.8. The second-order valence-corrected chi connectivity index (χ2v) is 5.73. The fourth-order valence-corrected chi connectivity index (χ4v) is 2.35. The van der Waals surface area contributed by atoms with Crippen LogP contribution < -0.4 is 0 Å². The molecular formula is C18H22O4. The van der Waals surface area contributed by atoms with Crippen molar-refractivity contribution in [3.63, 3.8) is 0 Å². The molecule has 0 amide bonds. The predicted octanol–water partition coefficient (Wildman–Crippen LogP) is 2.91. The van der Waals surface area contributed by atoms with Gasteiger partial charge in [0.2, 0.25) is 0 Å². The number of benzene rings is 1. The highest BCUT2D eigenvalue weighted by atomic mass is 16.5. The first kappa shape index (κ1) is 16.4. The Morgan fingerprint density at radius 2 is 2.05 bits per heavy atom. The first-order valence-corrected chi connectivity index (χ1v) is 7.58. The summed E-state index contributed by atoms with van der Waals surface area (Å²) in [5, 5.41) is 0. The van der Waals surface area contributed by atoms with Crippen molar-refractivity contribution in [3.8, 4) is 0 Å². The van der Waals surface area contributed by atoms with Gasteiger partial charge in [-0.15, -0.1) is 0 Å². The molecule has 0 fully saturated rings. The van der Waals surface area contributed by atoms with E-state index in [2.05, 4.69) is 0 Å². The summed E-state index contributed by atoms with van der Waals surface area (Å²) in [6.07, 6.45) is 4.05. The van der Waals surface area contributed by atoms with Crippen LogP contribution in [0.2, 0.25) is 0 Å². The molecule has 0 unspecified atom stereocenters. The minimum Gasteiger partial charge on any atom is -0.457 e. The molecule has 118 valence electrons. The minimum absolute atomic E-state index is 0.0814. The molecule has 4 heteroatoms. The molecular weight excluding hydrogens is 280 g/mol. The topological polar surface area (TPSA) is 52.6 Å². The van der Waals surface area contributed by atoms with Crippen molar-refractivity contribution >= 4 is 12.3 Å². The molecule has 1 aromatic rings. The third-order valence-corrected chi connectivity index (χ3v) is 3.87. The van der Waals surface area contributed by atoms with Crippen molar-refractivity contribution in [1.82, 2.24) is 0 Å². The van der Waals surface area contributed by atoms with Gasteiger partial charge in [0.15, 0.2) is 0 Å². The predicted molar refractivity (Wildman–Crippen MR) is 83.0 cm³/mol. The molecule has 2 rings (SSSR count). The smallest absolute Gasteiger partial charge is 0.309 e. The Bertz CT molecular complexity index is 523. The summed E-state index contributed by atoms with van der Waals surface area (Å²) < 4.78 is 11.2. The van der Waals surface area contributed by atoms with Crippen LogP contribution in [0.5, 0.6) is 0 Å². The van der Waals surface area contributed by atoms with Gasteiger partial charge in [-0.25, -0.2) is 0 Å². The molecule has 0 saturated carbocycles. The van der Waals surface area contributed by atoms with Gasteiger partial charge in [-0.3, -0.25) is 4.79 Å². The number of carbonyl (C=O) groups excluding carboxylic acids is 2. The lowest BCUT2D eigenvalue weighted by Crippen LogP contribution is -2.32. The van der Waals surface area contributed by atoms with E-state index in [9.17, 15) is 9.59 Å². The molecule has 0 aliphatic carbocycles. The summed E-state index contributed by atoms with van der Waals surface area (Å²) in [7, 11) is 0. The van der Waals surface area contributed by atoms with Gasteiger partial charge in [0.25, 0.3) is 0 Å². The molecule has 0 N–H and O–H groups in total. The highest BCUT2D eigenvalue weighted by Gasteiger charge is 2.27. The van der Waals surface area contributed by atoms with E-state index in [1.165, 1.54) is 0 Å². The Hall–Kier alpha value is -1.94. The monoisotopic (exact) mass is 302 g/mol. The zero-order valence-corrected chi connectivity index (χ0v) is 13.0. The molecule has 0 saturated heterocycles. The molecule has 1 aliphatic heterocycles. The third-order valence-electron chi connectivity index (χ3n) is 3.87. The third kappa shape index (κ3) is 4.53. The molecule has 4 nitrogen and oxygen atoms in total. The van der Waals surface area contributed by atoms with Crippen LogP contribution in [0.1, 0.15) is 25.8 Å². The lowest BCUT2D eigenvalue weighted by atomic mass is 9.96. The number of cyclic esters (lactones) is 1. The Kier molecular flexibility index (Phi) is 5.90. The van der Waals surface area contributed by atoms with E-state index in [0.717, 1.165) is 11.8 Å². The first-order chi connectivity index (χ1) is 10.6. The average Bonchev–Trinajstić information content (AvgIpc) is 2.53. The normalized spacial score (nSPS) is 26.6. The fraction of sp³-hybridized carbons (Fsp3) is 0.444. The van der Waals surface area contributed by atoms with E-state index in [4.69, 9.17) is 9.47 Å². The summed E-state index contributed by atoms with van der Waals surface area (Å²) in [5.74, 6) is -0.583. The van der Waals surface area contributed by atoms with E-state index in [1.54, 1.807) is 13.0 Å². The lowest BCUT2D eigenvalue weighted by Gasteiger charge is -2.26. The molecule has 1 aromatic carbocycles. The molecule has 1 heterocycles. The van der Waals surface area contributed by atoms with Crippen molar-refractivity contribution in [2.75, 3.05) is 0 Å². The maximum atomic E-state index is 12.0. The van der Waals surface area contributed by atoms with Gasteiger partial charge in [0, 0.05) is 5.92 Å². The average molecular weight is 302 g/mol. The van der Waals surface area contributed by atoms with Crippen molar-refractivity contribution < 1.29 is 19.1 Å². The highest BCUT2D eigenvalue weighted by Crippen LogP contribution is 2.21. The molecule has 0 spiro atoms. The number of aldehydes is 1. The molecule has 4 atom stereocenters. The van der Waals surface area contributed by atoms with Crippen LogP contribution in [0, 0.1) is 11.8 Å². The van der Waals surface area contributed by atoms with E-state index in [1.807, 2.05) is 43.3 Å². The molecule has 0 bridgehead atoms. The van der Waals surface area contributed by atoms with Crippen LogP contribution in [0.3, 0.4) is 0 Å². The first-order valence-electron chi connectivity index (χ1n) is 7.58. The van der Waals surface area contributed by atoms with Gasteiger partial charge in [0.1, 0.15) is 12.4 Å². The zero-order chi connectivity index (χ0) is 15.9. The Morgan fingerprint density at radius 3 is 2.73 bits per heavy atom. The molecule has 1 aliphatic rings. The molecule has 0 aromatic heterocycles.